The first-order chi connectivity index (χ1) is 8.22. The molecule has 2 heteroatoms. The summed E-state index contributed by atoms with van der Waals surface area (Å²) in [7, 11) is 0. The highest BCUT2D eigenvalue weighted by Crippen LogP contribution is 2.34. The molecule has 0 bridgehead atoms. The topological polar surface area (TPSA) is 35.2 Å². The van der Waals surface area contributed by atoms with E-state index in [0.717, 1.165) is 17.0 Å². The number of nitrogens with two attached hydrogens (primary N) is 1. The molecule has 0 heterocycles. The first-order valence-corrected chi connectivity index (χ1v) is 6.74. The van der Waals surface area contributed by atoms with Gasteiger partial charge in [-0.2, -0.15) is 0 Å². The molecule has 2 N–H and O–H groups in total. The van der Waals surface area contributed by atoms with E-state index in [0.29, 0.717) is 12.0 Å². The van der Waals surface area contributed by atoms with Gasteiger partial charge in [0.1, 0.15) is 11.9 Å². The third-order valence-electron chi connectivity index (χ3n) is 3.88. The van der Waals surface area contributed by atoms with Crippen LogP contribution in [0.15, 0.2) is 18.2 Å². The van der Waals surface area contributed by atoms with E-state index < -0.39 is 0 Å². The van der Waals surface area contributed by atoms with Crippen molar-refractivity contribution >= 4 is 5.69 Å². The van der Waals surface area contributed by atoms with Crippen molar-refractivity contribution in [2.24, 2.45) is 5.92 Å². The summed E-state index contributed by atoms with van der Waals surface area (Å²) in [6.07, 6.45) is 6.67. The quantitative estimate of drug-likeness (QED) is 0.803. The van der Waals surface area contributed by atoms with Gasteiger partial charge in [-0.25, -0.2) is 0 Å². The molecule has 1 fully saturated rings. The predicted molar refractivity (Wildman–Crippen MR) is 72.3 cm³/mol. The molecule has 1 aromatic rings. The summed E-state index contributed by atoms with van der Waals surface area (Å²) < 4.78 is 6.20. The Hall–Kier alpha value is -1.18. The number of anilines is 1. The molecule has 17 heavy (non-hydrogen) atoms. The minimum absolute atomic E-state index is 0.358. The minimum atomic E-state index is 0.358. The van der Waals surface area contributed by atoms with Gasteiger partial charge in [-0.15, -0.1) is 0 Å². The van der Waals surface area contributed by atoms with Gasteiger partial charge in [-0.3, -0.25) is 0 Å². The third-order valence-corrected chi connectivity index (χ3v) is 3.88. The van der Waals surface area contributed by atoms with E-state index in [1.54, 1.807) is 0 Å². The number of rotatable bonds is 3. The van der Waals surface area contributed by atoms with Gasteiger partial charge in [0.05, 0.1) is 5.69 Å². The van der Waals surface area contributed by atoms with Crippen LogP contribution in [-0.4, -0.2) is 6.10 Å². The van der Waals surface area contributed by atoms with Crippen LogP contribution >= 0.6 is 0 Å². The van der Waals surface area contributed by atoms with Crippen LogP contribution < -0.4 is 10.5 Å². The van der Waals surface area contributed by atoms with Gasteiger partial charge in [-0.05, 0) is 50.2 Å². The second-order valence-electron chi connectivity index (χ2n) is 5.10. The second-order valence-corrected chi connectivity index (χ2v) is 5.10. The van der Waals surface area contributed by atoms with E-state index in [2.05, 4.69) is 19.9 Å². The van der Waals surface area contributed by atoms with Crippen LogP contribution in [0.2, 0.25) is 0 Å². The van der Waals surface area contributed by atoms with Crippen molar-refractivity contribution in [1.82, 2.24) is 0 Å². The van der Waals surface area contributed by atoms with E-state index in [1.807, 2.05) is 12.1 Å². The number of para-hydroxylation sites is 1. The Balaban J connectivity index is 2.13. The lowest BCUT2D eigenvalue weighted by atomic mass is 9.84. The molecule has 0 aliphatic heterocycles. The third kappa shape index (κ3) is 2.74. The SMILES string of the molecule is CCC1CCCCC1Oc1c(C)cccc1N. The summed E-state index contributed by atoms with van der Waals surface area (Å²) in [6, 6.07) is 5.97. The fourth-order valence-corrected chi connectivity index (χ4v) is 2.78. The van der Waals surface area contributed by atoms with Gasteiger partial charge in [0.15, 0.2) is 0 Å². The number of ether oxygens (including phenoxy) is 1. The molecule has 2 atom stereocenters. The number of aryl methyl sites for hydroxylation is 1. The van der Waals surface area contributed by atoms with Gasteiger partial charge >= 0.3 is 0 Å². The average Bonchev–Trinajstić information content (AvgIpc) is 2.34. The van der Waals surface area contributed by atoms with Crippen LogP contribution in [0.25, 0.3) is 0 Å². The van der Waals surface area contributed by atoms with E-state index >= 15 is 0 Å². The predicted octanol–water partition coefficient (Wildman–Crippen LogP) is 3.92. The zero-order valence-corrected chi connectivity index (χ0v) is 10.9. The maximum absolute atomic E-state index is 6.20. The second kappa shape index (κ2) is 5.44. The van der Waals surface area contributed by atoms with E-state index in [9.17, 15) is 0 Å². The van der Waals surface area contributed by atoms with E-state index in [1.165, 1.54) is 32.1 Å². The molecule has 2 unspecified atom stereocenters. The summed E-state index contributed by atoms with van der Waals surface area (Å²) in [5.74, 6) is 1.60. The van der Waals surface area contributed by atoms with Crippen molar-refractivity contribution in [1.29, 1.82) is 0 Å². The van der Waals surface area contributed by atoms with Crippen molar-refractivity contribution < 1.29 is 4.74 Å². The summed E-state index contributed by atoms with van der Waals surface area (Å²) in [4.78, 5) is 0. The Kier molecular flexibility index (Phi) is 3.93. The molecular weight excluding hydrogens is 210 g/mol. The van der Waals surface area contributed by atoms with Gasteiger partial charge in [0, 0.05) is 0 Å². The van der Waals surface area contributed by atoms with Gasteiger partial charge in [0.2, 0.25) is 0 Å². The molecule has 2 rings (SSSR count). The van der Waals surface area contributed by atoms with E-state index in [-0.39, 0.29) is 0 Å². The molecule has 1 aromatic carbocycles. The highest BCUT2D eigenvalue weighted by atomic mass is 16.5. The van der Waals surface area contributed by atoms with Crippen LogP contribution in [0, 0.1) is 12.8 Å². The molecule has 0 saturated heterocycles. The molecule has 2 nitrogen and oxygen atoms in total. The molecule has 0 radical (unpaired) electrons. The lowest BCUT2D eigenvalue weighted by Crippen LogP contribution is -2.30. The summed E-state index contributed by atoms with van der Waals surface area (Å²) >= 11 is 0. The Morgan fingerprint density at radius 3 is 2.76 bits per heavy atom. The molecule has 0 spiro atoms. The summed E-state index contributed by atoms with van der Waals surface area (Å²) in [5.41, 5.74) is 7.91. The van der Waals surface area contributed by atoms with Crippen LogP contribution in [0.5, 0.6) is 5.75 Å². The maximum atomic E-state index is 6.20. The summed E-state index contributed by atoms with van der Waals surface area (Å²) in [6.45, 7) is 4.32. The molecular formula is C15H23NO. The van der Waals surface area contributed by atoms with E-state index in [4.69, 9.17) is 10.5 Å². The monoisotopic (exact) mass is 233 g/mol. The van der Waals surface area contributed by atoms with Crippen molar-refractivity contribution in [3.63, 3.8) is 0 Å². The van der Waals surface area contributed by atoms with Crippen molar-refractivity contribution in [3.05, 3.63) is 23.8 Å². The lowest BCUT2D eigenvalue weighted by Gasteiger charge is -2.32. The Morgan fingerprint density at radius 1 is 1.29 bits per heavy atom. The van der Waals surface area contributed by atoms with Crippen LogP contribution in [-0.2, 0) is 0 Å². The fourth-order valence-electron chi connectivity index (χ4n) is 2.78. The highest BCUT2D eigenvalue weighted by molar-refractivity contribution is 5.56. The maximum Gasteiger partial charge on any atom is 0.145 e. The number of benzene rings is 1. The Bertz CT molecular complexity index is 355. The first kappa shape index (κ1) is 12.3. The first-order valence-electron chi connectivity index (χ1n) is 6.74. The highest BCUT2D eigenvalue weighted by Gasteiger charge is 2.26. The standard InChI is InChI=1S/C15H23NO/c1-3-12-8-4-5-10-14(12)17-15-11(2)7-6-9-13(15)16/h6-7,9,12,14H,3-5,8,10,16H2,1-2H3. The fraction of sp³-hybridized carbons (Fsp3) is 0.600. The van der Waals surface area contributed by atoms with Crippen LogP contribution in [0.3, 0.4) is 0 Å². The summed E-state index contributed by atoms with van der Waals surface area (Å²) in [5, 5.41) is 0. The Morgan fingerprint density at radius 2 is 2.06 bits per heavy atom. The van der Waals surface area contributed by atoms with Crippen LogP contribution in [0.4, 0.5) is 5.69 Å². The number of hydrogen-bond donors (Lipinski definition) is 1. The zero-order chi connectivity index (χ0) is 12.3. The average molecular weight is 233 g/mol. The molecule has 94 valence electrons. The number of nitrogen functional groups attached to an aromatic ring is 1. The number of hydrogen-bond acceptors (Lipinski definition) is 2. The smallest absolute Gasteiger partial charge is 0.145 e. The Labute approximate surface area is 104 Å². The molecule has 1 aliphatic carbocycles. The van der Waals surface area contributed by atoms with Crippen molar-refractivity contribution in [3.8, 4) is 5.75 Å². The van der Waals surface area contributed by atoms with Gasteiger partial charge in [-0.1, -0.05) is 25.5 Å². The largest absolute Gasteiger partial charge is 0.488 e. The zero-order valence-electron chi connectivity index (χ0n) is 10.9. The van der Waals surface area contributed by atoms with Gasteiger partial charge in [0.25, 0.3) is 0 Å². The van der Waals surface area contributed by atoms with Crippen LogP contribution in [0.1, 0.15) is 44.6 Å². The molecule has 0 aromatic heterocycles. The molecule has 1 saturated carbocycles. The lowest BCUT2D eigenvalue weighted by molar-refractivity contribution is 0.0904. The minimum Gasteiger partial charge on any atom is -0.488 e. The van der Waals surface area contributed by atoms with Crippen molar-refractivity contribution in [2.45, 2.75) is 52.1 Å². The molecule has 0 amide bonds. The van der Waals surface area contributed by atoms with Crippen molar-refractivity contribution in [2.75, 3.05) is 5.73 Å². The van der Waals surface area contributed by atoms with Gasteiger partial charge < -0.3 is 10.5 Å². The molecule has 1 aliphatic rings. The normalized spacial score (nSPS) is 24.6.